The van der Waals surface area contributed by atoms with Gasteiger partial charge in [-0.2, -0.15) is 0 Å². The number of para-hydroxylation sites is 2. The third kappa shape index (κ3) is 4.72. The zero-order valence-electron chi connectivity index (χ0n) is 12.9. The van der Waals surface area contributed by atoms with Gasteiger partial charge in [0.25, 0.3) is 5.69 Å². The maximum atomic E-state index is 12.1. The van der Waals surface area contributed by atoms with Gasteiger partial charge in [0.1, 0.15) is 0 Å². The number of benzene rings is 2. The van der Waals surface area contributed by atoms with Gasteiger partial charge in [0, 0.05) is 31.1 Å². The van der Waals surface area contributed by atoms with Crippen LogP contribution in [0.5, 0.6) is 0 Å². The van der Waals surface area contributed by atoms with E-state index in [-0.39, 0.29) is 17.3 Å². The summed E-state index contributed by atoms with van der Waals surface area (Å²) in [7, 11) is 3.83. The molecule has 0 radical (unpaired) electrons. The van der Waals surface area contributed by atoms with Crippen LogP contribution in [0.25, 0.3) is 0 Å². The number of anilines is 2. The fourth-order valence-corrected chi connectivity index (χ4v) is 2.67. The molecule has 0 heterocycles. The lowest BCUT2D eigenvalue weighted by Gasteiger charge is -2.17. The van der Waals surface area contributed by atoms with E-state index in [1.807, 2.05) is 43.3 Å². The van der Waals surface area contributed by atoms with E-state index in [9.17, 15) is 14.9 Å². The van der Waals surface area contributed by atoms with Gasteiger partial charge >= 0.3 is 0 Å². The van der Waals surface area contributed by atoms with Crippen LogP contribution >= 0.6 is 11.8 Å². The second-order valence-corrected chi connectivity index (χ2v) is 6.05. The molecule has 0 aromatic heterocycles. The highest BCUT2D eigenvalue weighted by Gasteiger charge is 2.09. The summed E-state index contributed by atoms with van der Waals surface area (Å²) in [5, 5.41) is 13.5. The van der Waals surface area contributed by atoms with E-state index in [2.05, 4.69) is 5.32 Å². The van der Waals surface area contributed by atoms with Crippen molar-refractivity contribution in [2.75, 3.05) is 30.1 Å². The molecule has 0 saturated carbocycles. The van der Waals surface area contributed by atoms with Crippen molar-refractivity contribution in [2.45, 2.75) is 4.90 Å². The fourth-order valence-electron chi connectivity index (χ4n) is 1.97. The number of hydrogen-bond donors (Lipinski definition) is 1. The molecule has 1 amide bonds. The van der Waals surface area contributed by atoms with Crippen LogP contribution in [-0.4, -0.2) is 30.7 Å². The Morgan fingerprint density at radius 3 is 2.43 bits per heavy atom. The Morgan fingerprint density at radius 2 is 1.83 bits per heavy atom. The summed E-state index contributed by atoms with van der Waals surface area (Å²) in [6, 6.07) is 13.7. The lowest BCUT2D eigenvalue weighted by Crippen LogP contribution is -2.17. The van der Waals surface area contributed by atoms with Crippen LogP contribution in [0.2, 0.25) is 0 Å². The van der Waals surface area contributed by atoms with Crippen LogP contribution in [0.4, 0.5) is 17.1 Å². The largest absolute Gasteiger partial charge is 0.376 e. The second-order valence-electron chi connectivity index (χ2n) is 5.00. The lowest BCUT2D eigenvalue weighted by atomic mass is 10.2. The highest BCUT2D eigenvalue weighted by Crippen LogP contribution is 2.25. The van der Waals surface area contributed by atoms with Crippen LogP contribution < -0.4 is 10.2 Å². The minimum Gasteiger partial charge on any atom is -0.376 e. The van der Waals surface area contributed by atoms with E-state index in [1.54, 1.807) is 12.1 Å². The summed E-state index contributed by atoms with van der Waals surface area (Å²) in [5.41, 5.74) is 1.73. The molecular weight excluding hydrogens is 314 g/mol. The van der Waals surface area contributed by atoms with Crippen LogP contribution in [0, 0.1) is 10.1 Å². The molecule has 0 aliphatic rings. The molecule has 2 aromatic carbocycles. The quantitative estimate of drug-likeness (QED) is 0.499. The van der Waals surface area contributed by atoms with E-state index in [0.717, 1.165) is 16.3 Å². The Bertz CT molecular complexity index is 702. The predicted octanol–water partition coefficient (Wildman–Crippen LogP) is 3.39. The van der Waals surface area contributed by atoms with Gasteiger partial charge in [0.05, 0.1) is 22.1 Å². The number of nitro benzene ring substituents is 1. The van der Waals surface area contributed by atoms with Gasteiger partial charge in [0.15, 0.2) is 0 Å². The number of non-ortho nitro benzene ring substituents is 1. The Balaban J connectivity index is 1.94. The number of nitrogens with one attached hydrogen (secondary N) is 1. The smallest absolute Gasteiger partial charge is 0.269 e. The molecule has 120 valence electrons. The van der Waals surface area contributed by atoms with Gasteiger partial charge < -0.3 is 10.2 Å². The molecular formula is C16H17N3O3S. The predicted molar refractivity (Wildman–Crippen MR) is 93.2 cm³/mol. The topological polar surface area (TPSA) is 75.5 Å². The third-order valence-electron chi connectivity index (χ3n) is 3.08. The van der Waals surface area contributed by atoms with Crippen molar-refractivity contribution in [2.24, 2.45) is 0 Å². The van der Waals surface area contributed by atoms with Gasteiger partial charge in [0.2, 0.25) is 5.91 Å². The average Bonchev–Trinajstić information content (AvgIpc) is 2.53. The first-order valence-corrected chi connectivity index (χ1v) is 7.89. The SMILES string of the molecule is CN(C)c1ccccc1NC(=O)CSc1ccc([N+](=O)[O-])cc1. The van der Waals surface area contributed by atoms with E-state index in [0.29, 0.717) is 0 Å². The number of hydrogen-bond acceptors (Lipinski definition) is 5. The Morgan fingerprint density at radius 1 is 1.17 bits per heavy atom. The number of thioether (sulfide) groups is 1. The van der Waals surface area contributed by atoms with Crippen molar-refractivity contribution in [3.63, 3.8) is 0 Å². The first-order valence-electron chi connectivity index (χ1n) is 6.91. The molecule has 0 aliphatic carbocycles. The molecule has 0 spiro atoms. The van der Waals surface area contributed by atoms with Crippen LogP contribution in [0.3, 0.4) is 0 Å². The zero-order chi connectivity index (χ0) is 16.8. The maximum Gasteiger partial charge on any atom is 0.269 e. The Labute approximate surface area is 138 Å². The number of carbonyl (C=O) groups excluding carboxylic acids is 1. The standard InChI is InChI=1S/C16H17N3O3S/c1-18(2)15-6-4-3-5-14(15)17-16(20)11-23-13-9-7-12(8-10-13)19(21)22/h3-10H,11H2,1-2H3,(H,17,20). The van der Waals surface area contributed by atoms with Gasteiger partial charge in [-0.3, -0.25) is 14.9 Å². The number of rotatable bonds is 6. The maximum absolute atomic E-state index is 12.1. The van der Waals surface area contributed by atoms with Crippen molar-refractivity contribution < 1.29 is 9.72 Å². The van der Waals surface area contributed by atoms with Crippen molar-refractivity contribution in [3.8, 4) is 0 Å². The van der Waals surface area contributed by atoms with E-state index in [4.69, 9.17) is 0 Å². The summed E-state index contributed by atoms with van der Waals surface area (Å²) in [6.07, 6.45) is 0. The van der Waals surface area contributed by atoms with E-state index >= 15 is 0 Å². The summed E-state index contributed by atoms with van der Waals surface area (Å²) >= 11 is 1.33. The summed E-state index contributed by atoms with van der Waals surface area (Å²) < 4.78 is 0. The molecule has 0 unspecified atom stereocenters. The molecule has 0 saturated heterocycles. The van der Waals surface area contributed by atoms with Gasteiger partial charge in [-0.05, 0) is 24.3 Å². The average molecular weight is 331 g/mol. The fraction of sp³-hybridized carbons (Fsp3) is 0.188. The molecule has 23 heavy (non-hydrogen) atoms. The lowest BCUT2D eigenvalue weighted by molar-refractivity contribution is -0.384. The number of nitrogens with zero attached hydrogens (tertiary/aromatic N) is 2. The monoisotopic (exact) mass is 331 g/mol. The van der Waals surface area contributed by atoms with Crippen molar-refractivity contribution in [3.05, 3.63) is 58.6 Å². The molecule has 0 atom stereocenters. The van der Waals surface area contributed by atoms with Crippen molar-refractivity contribution in [1.29, 1.82) is 0 Å². The molecule has 2 rings (SSSR count). The van der Waals surface area contributed by atoms with Crippen molar-refractivity contribution >= 4 is 34.7 Å². The van der Waals surface area contributed by atoms with Gasteiger partial charge in [-0.15, -0.1) is 11.8 Å². The summed E-state index contributed by atoms with van der Waals surface area (Å²) in [4.78, 5) is 25.0. The Hall–Kier alpha value is -2.54. The van der Waals surface area contributed by atoms with Crippen molar-refractivity contribution in [1.82, 2.24) is 0 Å². The van der Waals surface area contributed by atoms with Crippen LogP contribution in [-0.2, 0) is 4.79 Å². The minimum atomic E-state index is -0.445. The van der Waals surface area contributed by atoms with E-state index < -0.39 is 4.92 Å². The highest BCUT2D eigenvalue weighted by molar-refractivity contribution is 8.00. The molecule has 1 N–H and O–H groups in total. The van der Waals surface area contributed by atoms with Gasteiger partial charge in [-0.1, -0.05) is 12.1 Å². The first kappa shape index (κ1) is 16.8. The number of carbonyl (C=O) groups is 1. The normalized spacial score (nSPS) is 10.2. The zero-order valence-corrected chi connectivity index (χ0v) is 13.7. The number of amides is 1. The Kier molecular flexibility index (Phi) is 5.59. The van der Waals surface area contributed by atoms with Crippen LogP contribution in [0.1, 0.15) is 0 Å². The molecule has 2 aromatic rings. The minimum absolute atomic E-state index is 0.0405. The molecule has 6 nitrogen and oxygen atoms in total. The second kappa shape index (κ2) is 7.64. The first-order chi connectivity index (χ1) is 11.0. The summed E-state index contributed by atoms with van der Waals surface area (Å²) in [6.45, 7) is 0. The highest BCUT2D eigenvalue weighted by atomic mass is 32.2. The molecule has 0 fully saturated rings. The third-order valence-corrected chi connectivity index (χ3v) is 4.09. The molecule has 7 heteroatoms. The molecule has 0 aliphatic heterocycles. The van der Waals surface area contributed by atoms with E-state index in [1.165, 1.54) is 23.9 Å². The number of nitro groups is 1. The summed E-state index contributed by atoms with van der Waals surface area (Å²) in [5.74, 6) is 0.113. The van der Waals surface area contributed by atoms with Gasteiger partial charge in [-0.25, -0.2) is 0 Å². The van der Waals surface area contributed by atoms with Crippen LogP contribution in [0.15, 0.2) is 53.4 Å². The molecule has 0 bridgehead atoms.